The minimum Gasteiger partial charge on any atom is -0.457 e. The minimum atomic E-state index is -0.856. The summed E-state index contributed by atoms with van der Waals surface area (Å²) >= 11 is 0. The SMILES string of the molecule is CC(=O)N[C@H]1[C@@H](OCc2ccccc2)O[C@@H]2COC(c3ccccc3)O[C@H]2[C@@H]1OC(C)=O. The van der Waals surface area contributed by atoms with Crippen molar-refractivity contribution in [3.8, 4) is 0 Å². The van der Waals surface area contributed by atoms with Crippen LogP contribution < -0.4 is 5.32 Å². The van der Waals surface area contributed by atoms with Crippen molar-refractivity contribution >= 4 is 11.9 Å². The molecule has 2 saturated heterocycles. The molecule has 0 bridgehead atoms. The molecule has 6 atom stereocenters. The molecule has 2 aliphatic rings. The highest BCUT2D eigenvalue weighted by Crippen LogP contribution is 2.36. The lowest BCUT2D eigenvalue weighted by Crippen LogP contribution is -2.67. The molecule has 0 radical (unpaired) electrons. The molecule has 2 aromatic rings. The van der Waals surface area contributed by atoms with E-state index in [0.717, 1.165) is 11.1 Å². The van der Waals surface area contributed by atoms with Gasteiger partial charge in [0, 0.05) is 19.4 Å². The Morgan fingerprint density at radius 3 is 2.34 bits per heavy atom. The summed E-state index contributed by atoms with van der Waals surface area (Å²) in [6, 6.07) is 18.3. The number of hydrogen-bond acceptors (Lipinski definition) is 7. The average Bonchev–Trinajstić information content (AvgIpc) is 2.80. The van der Waals surface area contributed by atoms with E-state index in [1.54, 1.807) is 0 Å². The highest BCUT2D eigenvalue weighted by molar-refractivity contribution is 5.73. The molecule has 0 spiro atoms. The maximum Gasteiger partial charge on any atom is 0.303 e. The van der Waals surface area contributed by atoms with Crippen molar-refractivity contribution in [2.75, 3.05) is 6.61 Å². The number of benzene rings is 2. The summed E-state index contributed by atoms with van der Waals surface area (Å²) in [4.78, 5) is 23.9. The molecule has 8 nitrogen and oxygen atoms in total. The van der Waals surface area contributed by atoms with Gasteiger partial charge in [-0.2, -0.15) is 0 Å². The summed E-state index contributed by atoms with van der Waals surface area (Å²) in [5.41, 5.74) is 1.79. The lowest BCUT2D eigenvalue weighted by atomic mass is 9.95. The van der Waals surface area contributed by atoms with Crippen LogP contribution in [0.4, 0.5) is 0 Å². The van der Waals surface area contributed by atoms with E-state index in [9.17, 15) is 9.59 Å². The number of ether oxygens (including phenoxy) is 5. The van der Waals surface area contributed by atoms with E-state index in [4.69, 9.17) is 23.7 Å². The van der Waals surface area contributed by atoms with Crippen LogP contribution in [0.1, 0.15) is 31.3 Å². The van der Waals surface area contributed by atoms with Crippen LogP contribution >= 0.6 is 0 Å². The van der Waals surface area contributed by atoms with Gasteiger partial charge in [0.25, 0.3) is 0 Å². The van der Waals surface area contributed by atoms with Crippen molar-refractivity contribution in [1.82, 2.24) is 5.32 Å². The molecule has 32 heavy (non-hydrogen) atoms. The van der Waals surface area contributed by atoms with Gasteiger partial charge >= 0.3 is 5.97 Å². The second kappa shape index (κ2) is 10.2. The van der Waals surface area contributed by atoms with E-state index in [0.29, 0.717) is 0 Å². The zero-order chi connectivity index (χ0) is 22.5. The molecule has 1 amide bonds. The molecule has 1 N–H and O–H groups in total. The summed E-state index contributed by atoms with van der Waals surface area (Å²) in [7, 11) is 0. The molecule has 0 saturated carbocycles. The first-order valence-electron chi connectivity index (χ1n) is 10.6. The summed E-state index contributed by atoms with van der Waals surface area (Å²) in [6.07, 6.45) is -3.49. The molecular weight excluding hydrogens is 414 g/mol. The van der Waals surface area contributed by atoms with E-state index in [-0.39, 0.29) is 19.1 Å². The molecule has 170 valence electrons. The predicted molar refractivity (Wildman–Crippen MR) is 113 cm³/mol. The maximum absolute atomic E-state index is 12.0. The van der Waals surface area contributed by atoms with Crippen LogP contribution in [-0.2, 0) is 39.9 Å². The number of hydrogen-bond donors (Lipinski definition) is 1. The molecule has 4 rings (SSSR count). The summed E-state index contributed by atoms with van der Waals surface area (Å²) in [5, 5.41) is 2.82. The van der Waals surface area contributed by atoms with E-state index in [1.165, 1.54) is 13.8 Å². The van der Waals surface area contributed by atoms with Gasteiger partial charge in [-0.15, -0.1) is 0 Å². The Morgan fingerprint density at radius 1 is 1.00 bits per heavy atom. The molecule has 2 aromatic carbocycles. The third kappa shape index (κ3) is 5.34. The number of esters is 1. The molecule has 2 aliphatic heterocycles. The van der Waals surface area contributed by atoms with Crippen LogP contribution in [0.3, 0.4) is 0 Å². The Hall–Kier alpha value is -2.78. The van der Waals surface area contributed by atoms with E-state index >= 15 is 0 Å². The summed E-state index contributed by atoms with van der Waals surface area (Å²) < 4.78 is 29.9. The summed E-state index contributed by atoms with van der Waals surface area (Å²) in [6.45, 7) is 3.20. The Labute approximate surface area is 186 Å². The van der Waals surface area contributed by atoms with Gasteiger partial charge in [0.1, 0.15) is 18.2 Å². The van der Waals surface area contributed by atoms with Crippen molar-refractivity contribution in [2.45, 2.75) is 57.4 Å². The third-order valence-electron chi connectivity index (χ3n) is 5.34. The topological polar surface area (TPSA) is 92.3 Å². The van der Waals surface area contributed by atoms with E-state index in [2.05, 4.69) is 5.32 Å². The fourth-order valence-corrected chi connectivity index (χ4v) is 3.97. The largest absolute Gasteiger partial charge is 0.457 e. The predicted octanol–water partition coefficient (Wildman–Crippen LogP) is 2.48. The molecule has 0 aliphatic carbocycles. The highest BCUT2D eigenvalue weighted by atomic mass is 16.8. The van der Waals surface area contributed by atoms with Gasteiger partial charge in [-0.1, -0.05) is 60.7 Å². The number of amides is 1. The van der Waals surface area contributed by atoms with Crippen LogP contribution in [0.15, 0.2) is 60.7 Å². The second-order valence-electron chi connectivity index (χ2n) is 7.82. The number of carbonyl (C=O) groups is 2. The molecule has 2 heterocycles. The van der Waals surface area contributed by atoms with Crippen LogP contribution in [0, 0.1) is 0 Å². The normalized spacial score (nSPS) is 29.6. The smallest absolute Gasteiger partial charge is 0.303 e. The number of carbonyl (C=O) groups excluding carboxylic acids is 2. The van der Waals surface area contributed by atoms with E-state index < -0.39 is 42.9 Å². The molecule has 8 heteroatoms. The molecular formula is C24H27NO7. The van der Waals surface area contributed by atoms with Crippen LogP contribution in [-0.4, -0.2) is 49.1 Å². The molecule has 2 fully saturated rings. The first kappa shape index (κ1) is 22.4. The van der Waals surface area contributed by atoms with Crippen molar-refractivity contribution in [1.29, 1.82) is 0 Å². The standard InChI is InChI=1S/C24H27NO7/c1-15(26)25-20-22(30-16(2)27)21-19(14-29-23(32-21)18-11-7-4-8-12-18)31-24(20)28-13-17-9-5-3-6-10-17/h3-12,19-24H,13-14H2,1-2H3,(H,25,26)/t19-,20-,21-,22-,23?,24+/m1/s1. The fraction of sp³-hybridized carbons (Fsp3) is 0.417. The zero-order valence-corrected chi connectivity index (χ0v) is 18.0. The molecule has 0 aromatic heterocycles. The fourth-order valence-electron chi connectivity index (χ4n) is 3.97. The van der Waals surface area contributed by atoms with Gasteiger partial charge in [-0.05, 0) is 5.56 Å². The number of nitrogens with one attached hydrogen (secondary N) is 1. The number of fused-ring (bicyclic) bond motifs is 1. The lowest BCUT2D eigenvalue weighted by Gasteiger charge is -2.48. The molecule has 1 unspecified atom stereocenters. The van der Waals surface area contributed by atoms with Crippen LogP contribution in [0.5, 0.6) is 0 Å². The van der Waals surface area contributed by atoms with Gasteiger partial charge in [0.2, 0.25) is 5.91 Å². The highest BCUT2D eigenvalue weighted by Gasteiger charge is 2.52. The van der Waals surface area contributed by atoms with Crippen molar-refractivity contribution in [3.63, 3.8) is 0 Å². The Balaban J connectivity index is 1.57. The van der Waals surface area contributed by atoms with Crippen LogP contribution in [0.2, 0.25) is 0 Å². The quantitative estimate of drug-likeness (QED) is 0.689. The third-order valence-corrected chi connectivity index (χ3v) is 5.34. The van der Waals surface area contributed by atoms with Gasteiger partial charge in [0.05, 0.1) is 13.2 Å². The monoisotopic (exact) mass is 441 g/mol. The maximum atomic E-state index is 12.0. The van der Waals surface area contributed by atoms with Gasteiger partial charge in [0.15, 0.2) is 18.7 Å². The first-order chi connectivity index (χ1) is 15.5. The summed E-state index contributed by atoms with van der Waals surface area (Å²) in [5.74, 6) is -0.784. The van der Waals surface area contributed by atoms with Crippen molar-refractivity contribution in [3.05, 3.63) is 71.8 Å². The number of rotatable bonds is 6. The van der Waals surface area contributed by atoms with Crippen molar-refractivity contribution < 1.29 is 33.3 Å². The van der Waals surface area contributed by atoms with Gasteiger partial charge in [-0.25, -0.2) is 0 Å². The second-order valence-corrected chi connectivity index (χ2v) is 7.82. The van der Waals surface area contributed by atoms with Crippen molar-refractivity contribution in [2.24, 2.45) is 0 Å². The van der Waals surface area contributed by atoms with Gasteiger partial charge < -0.3 is 29.0 Å². The van der Waals surface area contributed by atoms with Crippen LogP contribution in [0.25, 0.3) is 0 Å². The first-order valence-corrected chi connectivity index (χ1v) is 10.6. The Kier molecular flexibility index (Phi) is 7.16. The Morgan fingerprint density at radius 2 is 1.69 bits per heavy atom. The zero-order valence-electron chi connectivity index (χ0n) is 18.0. The Bertz CT molecular complexity index is 907. The average molecular weight is 441 g/mol. The minimum absolute atomic E-state index is 0.222. The van der Waals surface area contributed by atoms with Gasteiger partial charge in [-0.3, -0.25) is 9.59 Å². The lowest BCUT2D eigenvalue weighted by molar-refractivity contribution is -0.346. The van der Waals surface area contributed by atoms with E-state index in [1.807, 2.05) is 60.7 Å².